The van der Waals surface area contributed by atoms with Gasteiger partial charge < -0.3 is 5.11 Å². The Hall–Kier alpha value is -1.63. The number of sulfone groups is 1. The third-order valence-corrected chi connectivity index (χ3v) is 5.33. The van der Waals surface area contributed by atoms with E-state index >= 15 is 0 Å². The summed E-state index contributed by atoms with van der Waals surface area (Å²) in [4.78, 5) is 3.78. The summed E-state index contributed by atoms with van der Waals surface area (Å²) in [7, 11) is -7.69. The average molecular weight is 318 g/mol. The summed E-state index contributed by atoms with van der Waals surface area (Å²) < 4.78 is 47.2. The first kappa shape index (κ1) is 16.4. The first-order valence-electron chi connectivity index (χ1n) is 5.46. The number of rotatable bonds is 5. The Labute approximate surface area is 118 Å². The molecule has 0 saturated carbocycles. The van der Waals surface area contributed by atoms with Gasteiger partial charge in [-0.25, -0.2) is 21.8 Å². The van der Waals surface area contributed by atoms with Gasteiger partial charge in [0.1, 0.15) is 5.82 Å². The molecule has 1 heterocycles. The SMILES string of the molecule is CS(=O)(=O)CS(=O)(=O)Nc1cc(C#CCCO)ccn1. The van der Waals surface area contributed by atoms with Crippen LogP contribution < -0.4 is 4.72 Å². The maximum atomic E-state index is 11.6. The van der Waals surface area contributed by atoms with Crippen molar-refractivity contribution in [1.82, 2.24) is 4.98 Å². The van der Waals surface area contributed by atoms with Crippen molar-refractivity contribution in [3.05, 3.63) is 23.9 Å². The largest absolute Gasteiger partial charge is 0.395 e. The number of hydrogen-bond donors (Lipinski definition) is 2. The monoisotopic (exact) mass is 318 g/mol. The Morgan fingerprint density at radius 3 is 2.65 bits per heavy atom. The molecular weight excluding hydrogens is 304 g/mol. The van der Waals surface area contributed by atoms with E-state index < -0.39 is 24.9 Å². The highest BCUT2D eigenvalue weighted by molar-refractivity contribution is 8.08. The molecule has 9 heteroatoms. The van der Waals surface area contributed by atoms with E-state index in [9.17, 15) is 16.8 Å². The second kappa shape index (κ2) is 6.69. The van der Waals surface area contributed by atoms with Gasteiger partial charge in [-0.15, -0.1) is 0 Å². The standard InChI is InChI=1S/C11H14N2O5S2/c1-19(15,16)9-20(17,18)13-11-8-10(5-6-12-11)4-2-3-7-14/h5-6,8,14H,3,7,9H2,1H3,(H,12,13). The normalized spacial score (nSPS) is 11.5. The van der Waals surface area contributed by atoms with Crippen molar-refractivity contribution in [2.75, 3.05) is 22.7 Å². The van der Waals surface area contributed by atoms with Crippen molar-refractivity contribution in [1.29, 1.82) is 0 Å². The maximum Gasteiger partial charge on any atom is 0.248 e. The minimum Gasteiger partial charge on any atom is -0.395 e. The molecule has 1 rings (SSSR count). The molecule has 0 saturated heterocycles. The minimum absolute atomic E-state index is 0.00977. The van der Waals surface area contributed by atoms with E-state index in [-0.39, 0.29) is 12.4 Å². The molecule has 0 atom stereocenters. The summed E-state index contributed by atoms with van der Waals surface area (Å²) in [5.74, 6) is 5.39. The Morgan fingerprint density at radius 2 is 2.05 bits per heavy atom. The van der Waals surface area contributed by atoms with Crippen molar-refractivity contribution in [3.8, 4) is 11.8 Å². The van der Waals surface area contributed by atoms with Crippen LogP contribution in [0.2, 0.25) is 0 Å². The van der Waals surface area contributed by atoms with E-state index in [0.717, 1.165) is 6.26 Å². The Bertz CT molecular complexity index is 730. The summed E-state index contributed by atoms with van der Waals surface area (Å²) in [6.45, 7) is -0.0636. The lowest BCUT2D eigenvalue weighted by molar-refractivity contribution is 0.305. The van der Waals surface area contributed by atoms with Gasteiger partial charge in [-0.2, -0.15) is 0 Å². The third-order valence-electron chi connectivity index (χ3n) is 1.86. The molecule has 0 fully saturated rings. The van der Waals surface area contributed by atoms with Crippen molar-refractivity contribution < 1.29 is 21.9 Å². The average Bonchev–Trinajstić information content (AvgIpc) is 2.25. The van der Waals surface area contributed by atoms with Gasteiger partial charge in [-0.1, -0.05) is 11.8 Å². The fourth-order valence-corrected chi connectivity index (χ4v) is 4.18. The lowest BCUT2D eigenvalue weighted by atomic mass is 10.2. The highest BCUT2D eigenvalue weighted by Gasteiger charge is 2.18. The van der Waals surface area contributed by atoms with Crippen LogP contribution in [-0.4, -0.2) is 44.9 Å². The number of pyridine rings is 1. The van der Waals surface area contributed by atoms with Crippen molar-refractivity contribution in [3.63, 3.8) is 0 Å². The maximum absolute atomic E-state index is 11.6. The summed E-state index contributed by atoms with van der Waals surface area (Å²) >= 11 is 0. The van der Waals surface area contributed by atoms with Crippen LogP contribution in [-0.2, 0) is 19.9 Å². The number of aliphatic hydroxyl groups is 1. The Morgan fingerprint density at radius 1 is 1.35 bits per heavy atom. The summed E-state index contributed by atoms with van der Waals surface area (Å²) in [5, 5.41) is 7.58. The first-order valence-corrected chi connectivity index (χ1v) is 9.17. The van der Waals surface area contributed by atoms with Gasteiger partial charge in [0.15, 0.2) is 14.9 Å². The topological polar surface area (TPSA) is 113 Å². The highest BCUT2D eigenvalue weighted by Crippen LogP contribution is 2.09. The molecule has 0 aliphatic heterocycles. The van der Waals surface area contributed by atoms with Gasteiger partial charge >= 0.3 is 0 Å². The third kappa shape index (κ3) is 6.51. The summed E-state index contributed by atoms with van der Waals surface area (Å²) in [6.07, 6.45) is 2.48. The van der Waals surface area contributed by atoms with Crippen LogP contribution in [0.4, 0.5) is 5.82 Å². The van der Waals surface area contributed by atoms with Crippen LogP contribution in [0, 0.1) is 11.8 Å². The Kier molecular flexibility index (Phi) is 5.50. The molecular formula is C11H14N2O5S2. The fourth-order valence-electron chi connectivity index (χ4n) is 1.26. The molecule has 7 nitrogen and oxygen atoms in total. The van der Waals surface area contributed by atoms with Crippen molar-refractivity contribution in [2.45, 2.75) is 6.42 Å². The van der Waals surface area contributed by atoms with Crippen LogP contribution in [0.5, 0.6) is 0 Å². The molecule has 0 unspecified atom stereocenters. The molecule has 1 aromatic rings. The van der Waals surface area contributed by atoms with Crippen molar-refractivity contribution in [2.24, 2.45) is 0 Å². The molecule has 1 aromatic heterocycles. The number of sulfonamides is 1. The molecule has 0 aliphatic rings. The van der Waals surface area contributed by atoms with Gasteiger partial charge in [0.05, 0.1) is 6.61 Å². The lowest BCUT2D eigenvalue weighted by Gasteiger charge is -2.06. The van der Waals surface area contributed by atoms with Crippen LogP contribution >= 0.6 is 0 Å². The summed E-state index contributed by atoms with van der Waals surface area (Å²) in [6, 6.07) is 2.95. The molecule has 20 heavy (non-hydrogen) atoms. The van der Waals surface area contributed by atoms with Gasteiger partial charge in [0.2, 0.25) is 10.0 Å². The van der Waals surface area contributed by atoms with E-state index in [1.165, 1.54) is 12.3 Å². The molecule has 110 valence electrons. The van der Waals surface area contributed by atoms with Crippen LogP contribution in [0.3, 0.4) is 0 Å². The Balaban J connectivity index is 2.89. The van der Waals surface area contributed by atoms with Gasteiger partial charge in [0, 0.05) is 24.4 Å². The zero-order valence-electron chi connectivity index (χ0n) is 10.7. The van der Waals surface area contributed by atoms with Gasteiger partial charge in [0.25, 0.3) is 0 Å². The lowest BCUT2D eigenvalue weighted by Crippen LogP contribution is -2.22. The number of anilines is 1. The number of aliphatic hydroxyl groups excluding tert-OH is 1. The quantitative estimate of drug-likeness (QED) is 0.712. The van der Waals surface area contributed by atoms with E-state index in [1.54, 1.807) is 6.07 Å². The molecule has 0 aromatic carbocycles. The first-order chi connectivity index (χ1) is 9.22. The van der Waals surface area contributed by atoms with Crippen molar-refractivity contribution >= 4 is 25.7 Å². The van der Waals surface area contributed by atoms with Crippen LogP contribution in [0.25, 0.3) is 0 Å². The molecule has 2 N–H and O–H groups in total. The van der Waals surface area contributed by atoms with E-state index in [1.807, 2.05) is 0 Å². The number of nitrogens with one attached hydrogen (secondary N) is 1. The molecule has 0 amide bonds. The smallest absolute Gasteiger partial charge is 0.248 e. The van der Waals surface area contributed by atoms with E-state index in [4.69, 9.17) is 5.11 Å². The van der Waals surface area contributed by atoms with Gasteiger partial charge in [-0.05, 0) is 12.1 Å². The molecule has 0 bridgehead atoms. The fraction of sp³-hybridized carbons (Fsp3) is 0.364. The zero-order chi connectivity index (χ0) is 15.2. The van der Waals surface area contributed by atoms with E-state index in [2.05, 4.69) is 21.5 Å². The predicted octanol–water partition coefficient (Wildman–Crippen LogP) is -0.441. The number of aromatic nitrogens is 1. The number of nitrogens with zero attached hydrogens (tertiary/aromatic N) is 1. The van der Waals surface area contributed by atoms with Crippen LogP contribution in [0.15, 0.2) is 18.3 Å². The molecule has 0 spiro atoms. The molecule has 0 aliphatic carbocycles. The highest BCUT2D eigenvalue weighted by atomic mass is 32.3. The van der Waals surface area contributed by atoms with E-state index in [0.29, 0.717) is 12.0 Å². The predicted molar refractivity (Wildman–Crippen MR) is 75.1 cm³/mol. The van der Waals surface area contributed by atoms with Gasteiger partial charge in [-0.3, -0.25) is 4.72 Å². The van der Waals surface area contributed by atoms with Crippen LogP contribution in [0.1, 0.15) is 12.0 Å². The zero-order valence-corrected chi connectivity index (χ0v) is 12.3. The minimum atomic E-state index is -4.02. The summed E-state index contributed by atoms with van der Waals surface area (Å²) in [5.41, 5.74) is 0.505. The second-order valence-electron chi connectivity index (χ2n) is 3.97. The number of hydrogen-bond acceptors (Lipinski definition) is 6. The molecule has 0 radical (unpaired) electrons. The second-order valence-corrected chi connectivity index (χ2v) is 8.19.